The minimum absolute atomic E-state index is 0.219. The maximum absolute atomic E-state index is 11.6. The van der Waals surface area contributed by atoms with Gasteiger partial charge in [-0.15, -0.1) is 0 Å². The molecule has 0 bridgehead atoms. The summed E-state index contributed by atoms with van der Waals surface area (Å²) in [4.78, 5) is 24.0. The van der Waals surface area contributed by atoms with E-state index >= 15 is 0 Å². The maximum Gasteiger partial charge on any atom is 0.411 e. The Kier molecular flexibility index (Phi) is 2.98. The number of likely N-dealkylation sites (tertiary alicyclic amines) is 1. The van der Waals surface area contributed by atoms with E-state index in [-0.39, 0.29) is 18.7 Å². The number of amides is 1. The van der Waals surface area contributed by atoms with Gasteiger partial charge in [-0.1, -0.05) is 0 Å². The van der Waals surface area contributed by atoms with Gasteiger partial charge in [-0.05, 0) is 20.8 Å². The van der Waals surface area contributed by atoms with Gasteiger partial charge in [0, 0.05) is 13.0 Å². The predicted molar refractivity (Wildman–Crippen MR) is 52.0 cm³/mol. The number of rotatable bonds is 0. The van der Waals surface area contributed by atoms with Crippen molar-refractivity contribution in [3.63, 3.8) is 0 Å². The molecule has 0 spiro atoms. The van der Waals surface area contributed by atoms with Crippen molar-refractivity contribution < 1.29 is 14.3 Å². The van der Waals surface area contributed by atoms with E-state index in [1.54, 1.807) is 26.8 Å². The van der Waals surface area contributed by atoms with Gasteiger partial charge in [-0.3, -0.25) is 9.69 Å². The Morgan fingerprint density at radius 2 is 2.20 bits per heavy atom. The molecule has 0 radical (unpaired) electrons. The fraction of sp³-hybridized carbons (Fsp3) is 0.700. The van der Waals surface area contributed by atoms with Crippen LogP contribution in [-0.4, -0.2) is 35.0 Å². The van der Waals surface area contributed by atoms with Crippen LogP contribution < -0.4 is 0 Å². The van der Waals surface area contributed by atoms with Gasteiger partial charge in [0.1, 0.15) is 5.60 Å². The third-order valence-electron chi connectivity index (χ3n) is 1.97. The second kappa shape index (κ2) is 3.89. The van der Waals surface area contributed by atoms with Crippen LogP contribution in [0, 0.1) is 11.3 Å². The zero-order valence-electron chi connectivity index (χ0n) is 9.11. The summed E-state index contributed by atoms with van der Waals surface area (Å²) < 4.78 is 5.09. The smallest absolute Gasteiger partial charge is 0.411 e. The summed E-state index contributed by atoms with van der Waals surface area (Å²) >= 11 is 0. The molecule has 0 aromatic heterocycles. The summed E-state index contributed by atoms with van der Waals surface area (Å²) in [7, 11) is 0. The minimum Gasteiger partial charge on any atom is -0.444 e. The lowest BCUT2D eigenvalue weighted by molar-refractivity contribution is -0.118. The minimum atomic E-state index is -0.972. The number of carbonyl (C=O) groups is 2. The first-order valence-electron chi connectivity index (χ1n) is 4.77. The lowest BCUT2D eigenvalue weighted by Gasteiger charge is -2.25. The van der Waals surface area contributed by atoms with Gasteiger partial charge in [0.25, 0.3) is 0 Å². The number of nitriles is 1. The topological polar surface area (TPSA) is 70.4 Å². The van der Waals surface area contributed by atoms with E-state index in [0.717, 1.165) is 0 Å². The Bertz CT molecular complexity index is 325. The Balaban J connectivity index is 2.70. The summed E-state index contributed by atoms with van der Waals surface area (Å²) in [6.07, 6.45) is -0.364. The van der Waals surface area contributed by atoms with Crippen LogP contribution in [0.4, 0.5) is 4.79 Å². The molecule has 82 valence electrons. The average Bonchev–Trinajstić information content (AvgIpc) is 2.43. The maximum atomic E-state index is 11.6. The molecule has 1 rings (SSSR count). The molecule has 15 heavy (non-hydrogen) atoms. The molecule has 0 aliphatic carbocycles. The summed E-state index contributed by atoms with van der Waals surface area (Å²) in [5.74, 6) is -0.219. The number of ketones is 1. The van der Waals surface area contributed by atoms with Gasteiger partial charge in [-0.25, -0.2) is 4.79 Å². The highest BCUT2D eigenvalue weighted by Crippen LogP contribution is 2.17. The van der Waals surface area contributed by atoms with Crippen molar-refractivity contribution in [3.05, 3.63) is 0 Å². The second-order valence-electron chi connectivity index (χ2n) is 4.42. The molecule has 5 nitrogen and oxygen atoms in total. The fourth-order valence-corrected chi connectivity index (χ4v) is 1.33. The summed E-state index contributed by atoms with van der Waals surface area (Å²) in [5.41, 5.74) is -0.608. The molecule has 1 heterocycles. The monoisotopic (exact) mass is 210 g/mol. The van der Waals surface area contributed by atoms with Gasteiger partial charge < -0.3 is 4.74 Å². The van der Waals surface area contributed by atoms with E-state index in [4.69, 9.17) is 10.00 Å². The Labute approximate surface area is 88.6 Å². The van der Waals surface area contributed by atoms with E-state index in [9.17, 15) is 9.59 Å². The van der Waals surface area contributed by atoms with E-state index in [0.29, 0.717) is 0 Å². The van der Waals surface area contributed by atoms with Crippen molar-refractivity contribution in [2.45, 2.75) is 38.8 Å². The molecule has 1 atom stereocenters. The first kappa shape index (κ1) is 11.5. The number of hydrogen-bond donors (Lipinski definition) is 0. The molecule has 1 aliphatic heterocycles. The third kappa shape index (κ3) is 2.69. The van der Waals surface area contributed by atoms with Gasteiger partial charge in [0.2, 0.25) is 0 Å². The molecule has 1 amide bonds. The fourth-order valence-electron chi connectivity index (χ4n) is 1.33. The van der Waals surface area contributed by atoms with Gasteiger partial charge >= 0.3 is 6.09 Å². The molecule has 0 saturated carbocycles. The van der Waals surface area contributed by atoms with E-state index in [2.05, 4.69) is 0 Å². The Morgan fingerprint density at radius 1 is 1.60 bits per heavy atom. The van der Waals surface area contributed by atoms with Crippen LogP contribution in [0.25, 0.3) is 0 Å². The summed E-state index contributed by atoms with van der Waals surface area (Å²) in [6.45, 7) is 5.49. The molecule has 0 aromatic carbocycles. The molecule has 0 aromatic rings. The zero-order valence-corrected chi connectivity index (χ0v) is 9.11. The van der Waals surface area contributed by atoms with E-state index in [1.165, 1.54) is 4.90 Å². The first-order chi connectivity index (χ1) is 6.85. The van der Waals surface area contributed by atoms with Gasteiger partial charge in [0.15, 0.2) is 11.8 Å². The van der Waals surface area contributed by atoms with Crippen LogP contribution in [-0.2, 0) is 9.53 Å². The van der Waals surface area contributed by atoms with Crippen LogP contribution in [0.5, 0.6) is 0 Å². The van der Waals surface area contributed by atoms with Crippen LogP contribution in [0.1, 0.15) is 27.2 Å². The summed E-state index contributed by atoms with van der Waals surface area (Å²) in [5, 5.41) is 8.73. The van der Waals surface area contributed by atoms with Crippen LogP contribution in [0.15, 0.2) is 0 Å². The van der Waals surface area contributed by atoms with Crippen molar-refractivity contribution >= 4 is 11.9 Å². The van der Waals surface area contributed by atoms with E-state index in [1.807, 2.05) is 0 Å². The van der Waals surface area contributed by atoms with Crippen molar-refractivity contribution in [2.24, 2.45) is 0 Å². The standard InChI is InChI=1S/C10H14N2O3/c1-10(2,3)15-9(14)12-5-4-8(13)7(12)6-11/h7H,4-5H2,1-3H3/t7-/m1/s1. The molecule has 1 fully saturated rings. The van der Waals surface area contributed by atoms with Crippen molar-refractivity contribution in [3.8, 4) is 6.07 Å². The van der Waals surface area contributed by atoms with Gasteiger partial charge in [0.05, 0.1) is 6.07 Å². The SMILES string of the molecule is CC(C)(C)OC(=O)N1CCC(=O)[C@H]1C#N. The van der Waals surface area contributed by atoms with Gasteiger partial charge in [-0.2, -0.15) is 5.26 Å². The van der Waals surface area contributed by atoms with Crippen molar-refractivity contribution in [2.75, 3.05) is 6.54 Å². The molecule has 0 unspecified atom stereocenters. The molecular weight excluding hydrogens is 196 g/mol. The number of hydrogen-bond acceptors (Lipinski definition) is 4. The van der Waals surface area contributed by atoms with Crippen LogP contribution in [0.2, 0.25) is 0 Å². The summed E-state index contributed by atoms with van der Waals surface area (Å²) in [6, 6.07) is 0.834. The van der Waals surface area contributed by atoms with Crippen LogP contribution >= 0.6 is 0 Å². The van der Waals surface area contributed by atoms with Crippen molar-refractivity contribution in [1.82, 2.24) is 4.90 Å². The highest BCUT2D eigenvalue weighted by molar-refractivity contribution is 5.93. The molecular formula is C10H14N2O3. The number of ether oxygens (including phenoxy) is 1. The van der Waals surface area contributed by atoms with Crippen LogP contribution in [0.3, 0.4) is 0 Å². The molecule has 0 N–H and O–H groups in total. The average molecular weight is 210 g/mol. The molecule has 5 heteroatoms. The number of nitrogens with zero attached hydrogens (tertiary/aromatic N) is 2. The predicted octanol–water partition coefficient (Wildman–Crippen LogP) is 1.09. The second-order valence-corrected chi connectivity index (χ2v) is 4.42. The highest BCUT2D eigenvalue weighted by Gasteiger charge is 2.37. The third-order valence-corrected chi connectivity index (χ3v) is 1.97. The normalized spacial score (nSPS) is 21.3. The Morgan fingerprint density at radius 3 is 2.67 bits per heavy atom. The molecule has 1 saturated heterocycles. The van der Waals surface area contributed by atoms with E-state index < -0.39 is 17.7 Å². The largest absolute Gasteiger partial charge is 0.444 e. The zero-order chi connectivity index (χ0) is 11.6. The lowest BCUT2D eigenvalue weighted by atomic mass is 10.2. The number of carbonyl (C=O) groups excluding carboxylic acids is 2. The molecule has 1 aliphatic rings. The highest BCUT2D eigenvalue weighted by atomic mass is 16.6. The lowest BCUT2D eigenvalue weighted by Crippen LogP contribution is -2.40. The quantitative estimate of drug-likeness (QED) is 0.600. The van der Waals surface area contributed by atoms with Crippen molar-refractivity contribution in [1.29, 1.82) is 5.26 Å². The first-order valence-corrected chi connectivity index (χ1v) is 4.77. The number of Topliss-reactive ketones (excluding diaryl/α,β-unsaturated/α-hetero) is 1. The Hall–Kier alpha value is -1.57.